The van der Waals surface area contributed by atoms with Crippen molar-refractivity contribution in [2.45, 2.75) is 140 Å². The van der Waals surface area contributed by atoms with Crippen molar-refractivity contribution in [2.24, 2.45) is 5.92 Å². The summed E-state index contributed by atoms with van der Waals surface area (Å²) < 4.78 is 12.0. The smallest absolute Gasteiger partial charge is 0.185 e. The Bertz CT molecular complexity index is 4900. The van der Waals surface area contributed by atoms with Crippen molar-refractivity contribution in [2.75, 3.05) is 87.3 Å². The molecule has 568 valence electrons. The lowest BCUT2D eigenvalue weighted by Gasteiger charge is -2.36. The Morgan fingerprint density at radius 1 is 0.426 bits per heavy atom. The van der Waals surface area contributed by atoms with Gasteiger partial charge in [-0.3, -0.25) is 9.97 Å². The Kier molecular flexibility index (Phi) is 26.6. The molecular formula is C74H88Br4N24O6. The van der Waals surface area contributed by atoms with Gasteiger partial charge in [0, 0.05) is 149 Å². The molecule has 0 amide bonds. The number of aliphatic hydroxyl groups excluding tert-OH is 4. The number of piperidine rings is 3. The fraction of sp³-hybridized carbons (Fsp3) is 0.405. The molecule has 0 spiro atoms. The number of aliphatic hydroxyl groups is 4. The normalized spacial score (nSPS) is 18.0. The molecule has 15 heterocycles. The first-order valence-corrected chi connectivity index (χ1v) is 39.7. The van der Waals surface area contributed by atoms with Crippen LogP contribution in [0.4, 0.5) is 46.5 Å². The fourth-order valence-corrected chi connectivity index (χ4v) is 15.6. The number of nitrogens with one attached hydrogen (secondary N) is 5. The molecule has 108 heavy (non-hydrogen) atoms. The monoisotopic (exact) mass is 1720 g/mol. The molecule has 16 rings (SSSR count). The highest BCUT2D eigenvalue weighted by Gasteiger charge is 2.30. The van der Waals surface area contributed by atoms with Gasteiger partial charge >= 0.3 is 0 Å². The molecule has 0 aromatic carbocycles. The van der Waals surface area contributed by atoms with Gasteiger partial charge in [0.05, 0.1) is 68.0 Å². The number of pyridine rings is 4. The van der Waals surface area contributed by atoms with E-state index in [9.17, 15) is 30.8 Å². The first kappa shape index (κ1) is 77.0. The van der Waals surface area contributed by atoms with Crippen molar-refractivity contribution in [3.8, 4) is 0 Å². The SMILES string of the molecule is OCC1CCCCN1c1cc(NCc2cccnc2)n2ncc(Br)c2n1.OC[C@H]1CCCC[C@H]1Nc1cc(NCc2cccnc2)n2ncc(Br)c2n1.[O-][n+]1cccc(CNc2cc(N3CCCCC3CCO)nc3c(Br)cnn23)c1.[O-][n+]1cccc(CNc2cc(N3CCCCC3CO)nc3c(Br)cnn23)c1. The molecule has 3 aliphatic heterocycles. The van der Waals surface area contributed by atoms with Gasteiger partial charge in [0.15, 0.2) is 47.4 Å². The van der Waals surface area contributed by atoms with Crippen LogP contribution in [-0.4, -0.2) is 159 Å². The van der Waals surface area contributed by atoms with E-state index in [0.717, 1.165) is 203 Å². The number of hydrogen-bond donors (Lipinski definition) is 9. The Hall–Kier alpha value is -9.16. The Morgan fingerprint density at radius 2 is 0.806 bits per heavy atom. The topological polar surface area (TPSA) is 351 Å². The molecule has 1 aliphatic carbocycles. The van der Waals surface area contributed by atoms with Gasteiger partial charge in [-0.2, -0.15) is 47.9 Å². The van der Waals surface area contributed by atoms with E-state index in [1.54, 1.807) is 73.6 Å². The van der Waals surface area contributed by atoms with Crippen LogP contribution in [0, 0.1) is 16.3 Å². The minimum Gasteiger partial charge on any atom is -0.619 e. The lowest BCUT2D eigenvalue weighted by Crippen LogP contribution is -2.42. The van der Waals surface area contributed by atoms with Crippen molar-refractivity contribution in [3.05, 3.63) is 198 Å². The number of fused-ring (bicyclic) bond motifs is 4. The lowest BCUT2D eigenvalue weighted by atomic mass is 9.85. The quantitative estimate of drug-likeness (QED) is 0.0225. The van der Waals surface area contributed by atoms with E-state index in [4.69, 9.17) is 19.9 Å². The third kappa shape index (κ3) is 19.1. The second kappa shape index (κ2) is 37.3. The molecule has 0 radical (unpaired) electrons. The molecule has 30 nitrogen and oxygen atoms in total. The predicted molar refractivity (Wildman–Crippen MR) is 429 cm³/mol. The summed E-state index contributed by atoms with van der Waals surface area (Å²) in [6.07, 6.45) is 35.1. The largest absolute Gasteiger partial charge is 0.619 e. The molecule has 9 N–H and O–H groups in total. The van der Waals surface area contributed by atoms with Gasteiger partial charge in [0.25, 0.3) is 0 Å². The van der Waals surface area contributed by atoms with E-state index >= 15 is 0 Å². The van der Waals surface area contributed by atoms with E-state index < -0.39 is 0 Å². The maximum atomic E-state index is 11.5. The lowest BCUT2D eigenvalue weighted by molar-refractivity contribution is -0.606. The summed E-state index contributed by atoms with van der Waals surface area (Å²) in [6.45, 7) is 5.62. The van der Waals surface area contributed by atoms with Gasteiger partial charge in [-0.1, -0.05) is 25.0 Å². The van der Waals surface area contributed by atoms with Crippen molar-refractivity contribution < 1.29 is 29.9 Å². The Balaban J connectivity index is 0.000000127. The second-order valence-corrected chi connectivity index (χ2v) is 30.5. The number of rotatable bonds is 22. The average molecular weight is 1730 g/mol. The van der Waals surface area contributed by atoms with Crippen molar-refractivity contribution in [1.29, 1.82) is 0 Å². The molecular weight excluding hydrogens is 1640 g/mol. The van der Waals surface area contributed by atoms with Crippen LogP contribution in [-0.2, 0) is 26.2 Å². The number of anilines is 8. The molecule has 0 bridgehead atoms. The van der Waals surface area contributed by atoms with E-state index in [1.165, 1.54) is 37.9 Å². The molecule has 4 fully saturated rings. The van der Waals surface area contributed by atoms with Crippen molar-refractivity contribution in [1.82, 2.24) is 68.4 Å². The number of hydrogen-bond acceptors (Lipinski definition) is 24. The first-order chi connectivity index (χ1) is 52.8. The van der Waals surface area contributed by atoms with Gasteiger partial charge in [-0.05, 0) is 176 Å². The molecule has 34 heteroatoms. The van der Waals surface area contributed by atoms with Crippen LogP contribution in [0.2, 0.25) is 0 Å². The highest BCUT2D eigenvalue weighted by Crippen LogP contribution is 2.35. The minimum atomic E-state index is 0.0804. The minimum absolute atomic E-state index is 0.0804. The summed E-state index contributed by atoms with van der Waals surface area (Å²) in [5.74, 6) is 6.93. The van der Waals surface area contributed by atoms with Gasteiger partial charge in [-0.15, -0.1) is 0 Å². The highest BCUT2D eigenvalue weighted by molar-refractivity contribution is 9.11. The average Bonchev–Trinajstić information content (AvgIpc) is 1.56. The summed E-state index contributed by atoms with van der Waals surface area (Å²) >= 11 is 14.1. The zero-order valence-corrected chi connectivity index (χ0v) is 65.9. The Morgan fingerprint density at radius 3 is 1.20 bits per heavy atom. The molecule has 1 saturated carbocycles. The van der Waals surface area contributed by atoms with Crippen LogP contribution in [0.25, 0.3) is 22.6 Å². The predicted octanol–water partition coefficient (Wildman–Crippen LogP) is 10.9. The van der Waals surface area contributed by atoms with Crippen LogP contribution in [0.15, 0.2) is 165 Å². The van der Waals surface area contributed by atoms with Gasteiger partial charge < -0.3 is 72.1 Å². The van der Waals surface area contributed by atoms with Gasteiger partial charge in [0.2, 0.25) is 0 Å². The molecule has 12 aromatic heterocycles. The van der Waals surface area contributed by atoms with Crippen LogP contribution in [0.3, 0.4) is 0 Å². The zero-order valence-electron chi connectivity index (χ0n) is 59.5. The van der Waals surface area contributed by atoms with E-state index in [1.807, 2.05) is 73.1 Å². The maximum absolute atomic E-state index is 11.5. The Labute approximate surface area is 657 Å². The summed E-state index contributed by atoms with van der Waals surface area (Å²) in [7, 11) is 0. The number of nitrogens with zero attached hydrogens (tertiary/aromatic N) is 19. The van der Waals surface area contributed by atoms with E-state index in [-0.39, 0.29) is 56.5 Å². The highest BCUT2D eigenvalue weighted by atomic mass is 79.9. The molecule has 4 aliphatic rings. The molecule has 3 unspecified atom stereocenters. The zero-order chi connectivity index (χ0) is 74.9. The third-order valence-corrected chi connectivity index (χ3v) is 22.0. The first-order valence-electron chi connectivity index (χ1n) is 36.6. The van der Waals surface area contributed by atoms with Crippen molar-refractivity contribution in [3.63, 3.8) is 0 Å². The van der Waals surface area contributed by atoms with Crippen LogP contribution < -0.4 is 50.7 Å². The summed E-state index contributed by atoms with van der Waals surface area (Å²) in [6, 6.07) is 23.8. The van der Waals surface area contributed by atoms with Crippen LogP contribution >= 0.6 is 63.7 Å². The second-order valence-electron chi connectivity index (χ2n) is 27.1. The third-order valence-electron chi connectivity index (χ3n) is 19.8. The van der Waals surface area contributed by atoms with Crippen molar-refractivity contribution >= 4 is 133 Å². The van der Waals surface area contributed by atoms with Crippen LogP contribution in [0.5, 0.6) is 0 Å². The fourth-order valence-electron chi connectivity index (χ4n) is 14.3. The van der Waals surface area contributed by atoms with Gasteiger partial charge in [0.1, 0.15) is 46.5 Å². The van der Waals surface area contributed by atoms with Gasteiger partial charge in [-0.25, -0.2) is 19.9 Å². The molecule has 3 saturated heterocycles. The number of halogens is 4. The summed E-state index contributed by atoms with van der Waals surface area (Å²) in [4.78, 5) is 34.1. The summed E-state index contributed by atoms with van der Waals surface area (Å²) in [5.41, 5.74) is 6.91. The van der Waals surface area contributed by atoms with E-state index in [0.29, 0.717) is 31.8 Å². The maximum Gasteiger partial charge on any atom is 0.185 e. The number of aromatic nitrogens is 16. The van der Waals surface area contributed by atoms with E-state index in [2.05, 4.69) is 135 Å². The summed E-state index contributed by atoms with van der Waals surface area (Å²) in [5, 5.41) is 96.4. The molecule has 5 atom stereocenters. The van der Waals surface area contributed by atoms with Crippen LogP contribution in [0.1, 0.15) is 112 Å². The molecule has 12 aromatic rings. The standard InChI is InChI=1S/C19H23BrN6O2.C19H23BrN6O.C18H21BrN6O2.C18H21BrN6O/c20-16-12-22-26-17(21-11-14-4-3-7-24(28)13-14)10-18(23-19(16)26)25-8-2-1-5-15(25)6-9-27;20-15-11-23-26-18(22-10-13-4-3-7-21-9-13)8-17(25-19(15)26)24-16-6-2-1-5-14(16)12-27;19-15-10-21-25-16(20-9-13-4-3-6-23(27)11-13)8-17(22-18(15)25)24-7-2-1-5-14(24)12-26;19-15-11-22-25-16(21-10-13-4-3-6-20-9-13)8-17(23-18(15)25)24-7-2-1-5-14(24)12-26/h3-4,7,10,12-13,15,21,27H,1-2,5-6,8-9,11H2;3-4,7-9,11,14,16,22,27H,1-2,5-6,10,12H2,(H,24,25);3-4,6,8,10-11,14,20,26H,1-2,5,7,9,12H2;3-4,6,8-9,11,14,21,26H,1-2,5,7,10,12H2/t;14-,16-;;/m.1../s1.